The first kappa shape index (κ1) is 122. The molecule has 1 unspecified atom stereocenters. The molecular formula is C82H137N5O61. The van der Waals surface area contributed by atoms with Crippen LogP contribution in [0, 0.1) is 0 Å². The van der Waals surface area contributed by atoms with Crippen LogP contribution in [0.25, 0.3) is 0 Å². The molecule has 12 aliphatic rings. The first-order valence-electron chi connectivity index (χ1n) is 47.2. The normalized spacial score (nSPS) is 49.3. The van der Waals surface area contributed by atoms with Crippen LogP contribution in [0.3, 0.4) is 0 Å². The molecule has 0 aromatic heterocycles. The molecule has 12 fully saturated rings. The second kappa shape index (κ2) is 53.4. The molecule has 0 aliphatic carbocycles. The summed E-state index contributed by atoms with van der Waals surface area (Å²) in [6.07, 6.45) is -125. The van der Waals surface area contributed by atoms with E-state index in [1.807, 2.05) is 0 Å². The molecule has 0 radical (unpaired) electrons. The molecule has 0 spiro atoms. The van der Waals surface area contributed by atoms with Crippen LogP contribution >= 0.6 is 0 Å². The van der Waals surface area contributed by atoms with Gasteiger partial charge in [0.05, 0.1) is 79.3 Å². The lowest BCUT2D eigenvalue weighted by Crippen LogP contribution is -2.72. The van der Waals surface area contributed by atoms with Crippen molar-refractivity contribution in [1.29, 1.82) is 0 Å². The van der Waals surface area contributed by atoms with E-state index in [0.29, 0.717) is 0 Å². The number of aliphatic hydroxyl groups excluding tert-OH is 33. The lowest BCUT2D eigenvalue weighted by atomic mass is 9.93. The van der Waals surface area contributed by atoms with E-state index in [0.717, 1.165) is 34.6 Å². The van der Waals surface area contributed by atoms with E-state index in [1.54, 1.807) is 0 Å². The molecular weight excluding hydrogens is 2030 g/mol. The van der Waals surface area contributed by atoms with Crippen LogP contribution in [0.4, 0.5) is 0 Å². The maximum absolute atomic E-state index is 13.8. The number of ether oxygens (including phenoxy) is 23. The number of hydrogen-bond acceptors (Lipinski definition) is 61. The number of aliphatic hydroxyl groups is 33. The van der Waals surface area contributed by atoms with Gasteiger partial charge in [0.2, 0.25) is 29.5 Å². The summed E-state index contributed by atoms with van der Waals surface area (Å²) in [6, 6.07) is -10.4. The molecule has 0 aromatic rings. The van der Waals surface area contributed by atoms with E-state index in [-0.39, 0.29) is 0 Å². The molecule has 66 heteroatoms. The number of amides is 5. The number of nitrogens with one attached hydrogen (secondary N) is 5. The fraction of sp³-hybridized carbons (Fsp3) is 0.939. The van der Waals surface area contributed by atoms with Crippen LogP contribution in [0.1, 0.15) is 34.6 Å². The van der Waals surface area contributed by atoms with Crippen molar-refractivity contribution < 1.29 is 301 Å². The summed E-state index contributed by atoms with van der Waals surface area (Å²) < 4.78 is 140. The summed E-state index contributed by atoms with van der Waals surface area (Å²) in [5.41, 5.74) is 0. The number of carbonyl (C=O) groups is 5. The van der Waals surface area contributed by atoms with Crippen LogP contribution in [-0.2, 0) is 133 Å². The number of hydrogen-bond donors (Lipinski definition) is 38. The molecule has 5 amide bonds. The van der Waals surface area contributed by atoms with Crippen LogP contribution in [0.2, 0.25) is 0 Å². The SMILES string of the molecule is CC(=O)N[C@H]1[C@H](O[C@H]2[C@H](O)[C@@H](NC(C)=O)C(O)O[C@@H]2CO)O[C@H](CO)[C@@H](O[C@@H]2O[C@H](CO[C@H]3O[C@H](CO[C@H]4O[C@H](CO)[C@@H](O)[C@H](O)[C@@H]4O)[C@@H](O)[C@H](O[C@H]4O[C@H](CO)[C@@H](O)[C@H](O)[C@@H]4O)[C@@H]3O)[C@@H](O[C@@H]3O[C@H](CO)[C@@H](O)[C@H](O)[C@H]3NC(C)=O)[C@H](O[C@H]3O[C@H](CO)[C@@H](O[C@@H]4O[C@H](CO)[C@@H](O[C@@H]5O[C@H](CO)[C@H](O)[C@H](O)[C@H]5O)[C@H](O)[C@H]4NC(C)=O)[C@H](O)[C@@H]3O[C@@H]3O[C@H](CO)[C@@H](O[C@@H]4O[C@H](CO)[C@H](O)[C@H](O)[C@H]4O)[C@H](O)[C@H]3NC(C)=O)[C@@H]2O)[C@@H]1O. The van der Waals surface area contributed by atoms with Gasteiger partial charge in [0.15, 0.2) is 75.5 Å². The fourth-order valence-electron chi connectivity index (χ4n) is 19.2. The molecule has 12 heterocycles. The highest BCUT2D eigenvalue weighted by molar-refractivity contribution is 5.75. The van der Waals surface area contributed by atoms with Gasteiger partial charge < -0.3 is 304 Å². The zero-order valence-electron chi connectivity index (χ0n) is 79.3. The van der Waals surface area contributed by atoms with Crippen LogP contribution in [0.15, 0.2) is 0 Å². The summed E-state index contributed by atoms with van der Waals surface area (Å²) in [5, 5.41) is 387. The van der Waals surface area contributed by atoms with E-state index >= 15 is 0 Å². The molecule has 38 N–H and O–H groups in total. The summed E-state index contributed by atoms with van der Waals surface area (Å²) >= 11 is 0. The Bertz CT molecular complexity index is 4130. The number of rotatable bonds is 39. The van der Waals surface area contributed by atoms with Crippen molar-refractivity contribution in [2.75, 3.05) is 79.3 Å². The second-order valence-electron chi connectivity index (χ2n) is 37.4. The third-order valence-electron chi connectivity index (χ3n) is 27.1. The topological polar surface area (TPSA) is 1030 Å². The highest BCUT2D eigenvalue weighted by Crippen LogP contribution is 2.44. The largest absolute Gasteiger partial charge is 0.394 e. The predicted molar refractivity (Wildman–Crippen MR) is 453 cm³/mol. The van der Waals surface area contributed by atoms with Gasteiger partial charge in [0.1, 0.15) is 293 Å². The van der Waals surface area contributed by atoms with Crippen LogP contribution in [-0.4, -0.2) is 645 Å². The molecule has 66 nitrogen and oxygen atoms in total. The molecule has 0 aromatic carbocycles. The summed E-state index contributed by atoms with van der Waals surface area (Å²) in [7, 11) is 0. The smallest absolute Gasteiger partial charge is 0.217 e. The lowest BCUT2D eigenvalue weighted by molar-refractivity contribution is -0.414. The Hall–Kier alpha value is -4.89. The van der Waals surface area contributed by atoms with E-state index in [1.165, 1.54) is 0 Å². The maximum atomic E-state index is 13.8. The fourth-order valence-corrected chi connectivity index (χ4v) is 19.2. The second-order valence-corrected chi connectivity index (χ2v) is 37.4. The average molecular weight is 2170 g/mol. The van der Waals surface area contributed by atoms with Crippen molar-refractivity contribution in [2.45, 2.75) is 403 Å². The monoisotopic (exact) mass is 2170 g/mol. The van der Waals surface area contributed by atoms with Crippen molar-refractivity contribution in [3.05, 3.63) is 0 Å². The molecule has 12 saturated heterocycles. The lowest BCUT2D eigenvalue weighted by Gasteiger charge is -2.53. The minimum absolute atomic E-state index is 0.831. The van der Waals surface area contributed by atoms with Gasteiger partial charge in [0.25, 0.3) is 0 Å². The first-order chi connectivity index (χ1) is 70.1. The summed E-state index contributed by atoms with van der Waals surface area (Å²) in [5.74, 6) is -5.21. The zero-order valence-corrected chi connectivity index (χ0v) is 79.3. The van der Waals surface area contributed by atoms with Crippen molar-refractivity contribution in [3.63, 3.8) is 0 Å². The van der Waals surface area contributed by atoms with E-state index in [9.17, 15) is 192 Å². The van der Waals surface area contributed by atoms with E-state index < -0.39 is 477 Å². The molecule has 0 saturated carbocycles. The van der Waals surface area contributed by atoms with Crippen LogP contribution in [0.5, 0.6) is 0 Å². The van der Waals surface area contributed by atoms with Crippen molar-refractivity contribution in [3.8, 4) is 0 Å². The Morgan fingerprint density at radius 3 is 0.743 bits per heavy atom. The minimum Gasteiger partial charge on any atom is -0.394 e. The molecule has 148 heavy (non-hydrogen) atoms. The Balaban J connectivity index is 1.01. The quantitative estimate of drug-likeness (QED) is 0.0272. The summed E-state index contributed by atoms with van der Waals surface area (Å²) in [6.45, 7) is -10.4. The highest BCUT2D eigenvalue weighted by Gasteiger charge is 2.65. The van der Waals surface area contributed by atoms with Crippen molar-refractivity contribution in [2.24, 2.45) is 0 Å². The van der Waals surface area contributed by atoms with Gasteiger partial charge in [-0.15, -0.1) is 0 Å². The van der Waals surface area contributed by atoms with Crippen molar-refractivity contribution >= 4 is 29.5 Å². The van der Waals surface area contributed by atoms with E-state index in [2.05, 4.69) is 26.6 Å². The van der Waals surface area contributed by atoms with E-state index in [4.69, 9.17) is 109 Å². The van der Waals surface area contributed by atoms with Crippen LogP contribution < -0.4 is 26.6 Å². The Kier molecular flexibility index (Phi) is 43.9. The minimum atomic E-state index is -2.96. The zero-order chi connectivity index (χ0) is 109. The molecule has 12 rings (SSSR count). The Morgan fingerprint density at radius 2 is 0.392 bits per heavy atom. The van der Waals surface area contributed by atoms with Gasteiger partial charge in [-0.1, -0.05) is 0 Å². The third-order valence-corrected chi connectivity index (χ3v) is 27.1. The third kappa shape index (κ3) is 26.9. The van der Waals surface area contributed by atoms with Gasteiger partial charge in [-0.25, -0.2) is 0 Å². The first-order valence-corrected chi connectivity index (χ1v) is 47.2. The van der Waals surface area contributed by atoms with Gasteiger partial charge in [-0.3, -0.25) is 24.0 Å². The average Bonchev–Trinajstić information content (AvgIpc) is 0.748. The van der Waals surface area contributed by atoms with Gasteiger partial charge in [0, 0.05) is 34.6 Å². The summed E-state index contributed by atoms with van der Waals surface area (Å²) in [4.78, 5) is 66.4. The number of carbonyl (C=O) groups excluding carboxylic acids is 5. The molecule has 60 atom stereocenters. The maximum Gasteiger partial charge on any atom is 0.217 e. The Morgan fingerprint density at radius 1 is 0.176 bits per heavy atom. The molecule has 856 valence electrons. The molecule has 0 bridgehead atoms. The highest BCUT2D eigenvalue weighted by atomic mass is 16.8. The van der Waals surface area contributed by atoms with Crippen molar-refractivity contribution in [1.82, 2.24) is 26.6 Å². The van der Waals surface area contributed by atoms with Gasteiger partial charge in [-0.05, 0) is 0 Å². The van der Waals surface area contributed by atoms with Gasteiger partial charge >= 0.3 is 0 Å². The van der Waals surface area contributed by atoms with Gasteiger partial charge in [-0.2, -0.15) is 0 Å². The predicted octanol–water partition coefficient (Wildman–Crippen LogP) is -26.4. The molecule has 12 aliphatic heterocycles. The standard InChI is InChI=1S/C82H137N5O61/c1-18(98)83-35-47(110)62(28(11-93)128-71(35)125)140-73-37(85-20(3)100)49(112)65(31(14-96)134-73)144-81-61(124)69(67(145-72-36(84-19(2)99)46(109)40(103)23(6-88)129-72)34(139-81)17-127-77-60(123)68(146-80-58(121)54(117)44(107)27(10-92)133-80)45(108)33(138-77)16-126-76-55(118)51(114)41(104)24(7-89)130-76)147-82-70(148-75-39(87-22(5)102)50(113)64(30(13-95)136-75)143-79-57(120)53(116)43(106)26(9-91)132-79)59(122)66(32(15-97)137-82)141-74-38(86-21(4)101)48(111)63(29(12-94)135-74)142-78-56(119)52(115)42(105)25(8-90)131-78/h23-82,88-97,103-125H,6-17H2,1-5H3,(H,83,98)(H,84,99)(H,85,100)(H,86,101)(H,87,102)/t23-,24-,25-,26-,27-,28-,29-,30-,31-,32-,33-,34-,35-,36-,37-,38-,39-,40-,41-,42+,43+,44-,45-,46-,47-,48-,49-,50-,51+,52+,53+,54+,55+,56-,57-,58+,59+,60+,61+,62-,63-,64-,65-,66-,67-,68+,69-,70+,71?,72+,73+,74+,75+,76+,77+,78+,79+,80-,81+,82-/m1/s1. The Labute approximate surface area is 837 Å².